The van der Waals surface area contributed by atoms with Gasteiger partial charge in [-0.2, -0.15) is 0 Å². The van der Waals surface area contributed by atoms with E-state index in [1.807, 2.05) is 0 Å². The molecule has 21 nitrogen and oxygen atoms in total. The molecule has 0 aromatic rings. The van der Waals surface area contributed by atoms with Gasteiger partial charge in [0.1, 0.15) is 36.3 Å². The summed E-state index contributed by atoms with van der Waals surface area (Å²) in [7, 11) is 1.94. The van der Waals surface area contributed by atoms with Gasteiger partial charge in [-0.25, -0.2) is 0 Å². The molecule has 1 aliphatic rings. The molecule has 0 saturated carbocycles. The second kappa shape index (κ2) is 25.9. The summed E-state index contributed by atoms with van der Waals surface area (Å²) in [6.07, 6.45) is -0.807. The number of amides is 8. The molecule has 9 atom stereocenters. The normalized spacial score (nSPS) is 22.8. The van der Waals surface area contributed by atoms with Crippen LogP contribution >= 0.6 is 21.6 Å². The summed E-state index contributed by atoms with van der Waals surface area (Å²) in [4.78, 5) is 117. The average molecular weight is 849 g/mol. The molecule has 15 N–H and O–H groups in total. The number of hydrogen-bond donors (Lipinski definition) is 12. The number of hydrogen-bond acceptors (Lipinski definition) is 14. The van der Waals surface area contributed by atoms with Gasteiger partial charge in [0.05, 0.1) is 18.7 Å². The van der Waals surface area contributed by atoms with E-state index < -0.39 is 121 Å². The van der Waals surface area contributed by atoms with Crippen molar-refractivity contribution in [1.29, 1.82) is 0 Å². The van der Waals surface area contributed by atoms with Gasteiger partial charge in [-0.05, 0) is 51.0 Å². The van der Waals surface area contributed by atoms with E-state index in [2.05, 4.69) is 37.2 Å². The molecule has 8 amide bonds. The van der Waals surface area contributed by atoms with E-state index in [0.29, 0.717) is 25.8 Å². The zero-order chi connectivity index (χ0) is 43.4. The first kappa shape index (κ1) is 50.8. The van der Waals surface area contributed by atoms with Gasteiger partial charge in [-0.3, -0.25) is 43.2 Å². The van der Waals surface area contributed by atoms with Crippen LogP contribution in [0.15, 0.2) is 0 Å². The van der Waals surface area contributed by atoms with Crippen LogP contribution in [-0.4, -0.2) is 136 Å². The topological polar surface area (TPSA) is 356 Å². The van der Waals surface area contributed by atoms with Crippen LogP contribution in [0.2, 0.25) is 0 Å². The van der Waals surface area contributed by atoms with Crippen LogP contribution in [0.25, 0.3) is 0 Å². The number of carbonyl (C=O) groups excluding carboxylic acids is 8. The first-order valence-corrected chi connectivity index (χ1v) is 21.2. The van der Waals surface area contributed by atoms with Crippen LogP contribution in [0.3, 0.4) is 0 Å². The Morgan fingerprint density at radius 1 is 0.842 bits per heavy atom. The van der Waals surface area contributed by atoms with Gasteiger partial charge in [0, 0.05) is 17.9 Å². The van der Waals surface area contributed by atoms with Crippen LogP contribution in [0, 0.1) is 11.8 Å². The maximum absolute atomic E-state index is 13.7. The van der Waals surface area contributed by atoms with Gasteiger partial charge < -0.3 is 64.6 Å². The molecule has 23 heteroatoms. The van der Waals surface area contributed by atoms with Gasteiger partial charge in [0.2, 0.25) is 47.3 Å². The monoisotopic (exact) mass is 848 g/mol. The zero-order valence-electron chi connectivity index (χ0n) is 33.0. The van der Waals surface area contributed by atoms with E-state index in [9.17, 15) is 48.3 Å². The van der Waals surface area contributed by atoms with Gasteiger partial charge >= 0.3 is 5.97 Å². The van der Waals surface area contributed by atoms with Gasteiger partial charge in [-0.1, -0.05) is 55.7 Å². The number of nitrogens with one attached hydrogen (secondary N) is 7. The summed E-state index contributed by atoms with van der Waals surface area (Å²) in [6.45, 7) is 7.75. The maximum Gasteiger partial charge on any atom is 0.303 e. The fourth-order valence-corrected chi connectivity index (χ4v) is 7.48. The fraction of sp³-hybridized carbons (Fsp3) is 0.735. The minimum absolute atomic E-state index is 0.142. The van der Waals surface area contributed by atoms with Crippen molar-refractivity contribution in [2.45, 2.75) is 122 Å². The number of carboxylic acid groups (broad SMARTS) is 1. The van der Waals surface area contributed by atoms with Crippen molar-refractivity contribution in [3.63, 3.8) is 0 Å². The maximum atomic E-state index is 13.7. The average Bonchev–Trinajstić information content (AvgIpc) is 3.14. The van der Waals surface area contributed by atoms with Crippen molar-refractivity contribution in [3.05, 3.63) is 0 Å². The second-order valence-corrected chi connectivity index (χ2v) is 16.6. The molecule has 57 heavy (non-hydrogen) atoms. The highest BCUT2D eigenvalue weighted by atomic mass is 33.1. The van der Waals surface area contributed by atoms with Crippen LogP contribution in [0.5, 0.6) is 0 Å². The summed E-state index contributed by atoms with van der Waals surface area (Å²) < 4.78 is 0. The number of aliphatic hydroxyl groups excluding tert-OH is 1. The van der Waals surface area contributed by atoms with Crippen molar-refractivity contribution < 1.29 is 53.4 Å². The lowest BCUT2D eigenvalue weighted by Gasteiger charge is -2.27. The minimum atomic E-state index is -1.59. The Balaban J connectivity index is 3.57. The van der Waals surface area contributed by atoms with E-state index in [1.54, 1.807) is 27.7 Å². The second-order valence-electron chi connectivity index (χ2n) is 14.1. The molecule has 1 fully saturated rings. The van der Waals surface area contributed by atoms with Crippen LogP contribution < -0.4 is 54.4 Å². The number of carboxylic acids is 1. The van der Waals surface area contributed by atoms with Crippen molar-refractivity contribution in [2.75, 3.05) is 24.6 Å². The summed E-state index contributed by atoms with van der Waals surface area (Å²) in [5.41, 5.74) is 17.0. The molecular weight excluding hydrogens is 789 g/mol. The van der Waals surface area contributed by atoms with Crippen molar-refractivity contribution in [2.24, 2.45) is 29.0 Å². The first-order valence-electron chi connectivity index (χ1n) is 18.7. The Kier molecular flexibility index (Phi) is 23.1. The molecule has 1 saturated heterocycles. The quantitative estimate of drug-likeness (QED) is 0.0467. The number of unbranched alkanes of at least 4 members (excludes halogenated alkanes) is 1. The summed E-state index contributed by atoms with van der Waals surface area (Å²) in [5, 5.41) is 37.0. The number of nitrogens with two attached hydrogens (primary N) is 3. The molecule has 1 rings (SSSR count). The summed E-state index contributed by atoms with van der Waals surface area (Å²) in [6, 6.07) is -9.09. The molecular formula is C34H60N10O11S2. The lowest BCUT2D eigenvalue weighted by molar-refractivity contribution is -0.138. The minimum Gasteiger partial charge on any atom is -0.481 e. The van der Waals surface area contributed by atoms with Gasteiger partial charge in [-0.15, -0.1) is 0 Å². The molecule has 1 aliphatic heterocycles. The molecule has 0 bridgehead atoms. The predicted molar refractivity (Wildman–Crippen MR) is 212 cm³/mol. The largest absolute Gasteiger partial charge is 0.481 e. The summed E-state index contributed by atoms with van der Waals surface area (Å²) in [5.74, 6) is -9.16. The van der Waals surface area contributed by atoms with Crippen LogP contribution in [0.1, 0.15) is 73.1 Å². The number of rotatable bonds is 18. The Morgan fingerprint density at radius 2 is 1.49 bits per heavy atom. The molecule has 0 unspecified atom stereocenters. The van der Waals surface area contributed by atoms with Gasteiger partial charge in [0.15, 0.2) is 0 Å². The molecule has 0 radical (unpaired) electrons. The molecule has 0 aliphatic carbocycles. The van der Waals surface area contributed by atoms with E-state index in [4.69, 9.17) is 22.3 Å². The van der Waals surface area contributed by atoms with E-state index in [0.717, 1.165) is 21.6 Å². The highest BCUT2D eigenvalue weighted by Crippen LogP contribution is 2.24. The molecule has 324 valence electrons. The van der Waals surface area contributed by atoms with E-state index in [-0.39, 0.29) is 30.3 Å². The highest BCUT2D eigenvalue weighted by molar-refractivity contribution is 8.76. The summed E-state index contributed by atoms with van der Waals surface area (Å²) >= 11 is 0. The third kappa shape index (κ3) is 18.3. The SMILES string of the molecule is CC[C@H](C)[C@@H]1NC(=O)CNC(=O)[C@H]([C@@H](C)O)NC(=O)[C@@H](NC(=O)[C@H](CCCCN)NC(=O)[C@@H](N)C(C)C)CSSC[C@@H](C(=O)N[C@@H](CCC(=O)O)C(N)=O)NC1=O. The Morgan fingerprint density at radius 3 is 2.05 bits per heavy atom. The zero-order valence-corrected chi connectivity index (χ0v) is 34.6. The van der Waals surface area contributed by atoms with Crippen LogP contribution in [-0.2, 0) is 43.2 Å². The van der Waals surface area contributed by atoms with E-state index >= 15 is 0 Å². The number of carbonyl (C=O) groups is 9. The van der Waals surface area contributed by atoms with Crippen molar-refractivity contribution in [1.82, 2.24) is 37.2 Å². The lowest BCUT2D eigenvalue weighted by Crippen LogP contribution is -2.61. The van der Waals surface area contributed by atoms with E-state index in [1.165, 1.54) is 6.92 Å². The highest BCUT2D eigenvalue weighted by Gasteiger charge is 2.35. The van der Waals surface area contributed by atoms with Crippen molar-refractivity contribution >= 4 is 74.8 Å². The first-order chi connectivity index (χ1) is 26.7. The Bertz CT molecular complexity index is 1420. The standard InChI is InChI=1S/C34H60N10O11S2/c1-6-17(4)26-34(55)42-21(30(51)39-19(28(37)49)10-11-24(47)48)14-56-57-15-22(31(52)44-27(18(5)45)33(54)38-13-23(46)43-26)41-29(50)20(9-7-8-12-35)40-32(53)25(36)16(2)3/h16-22,25-27,45H,6-15,35-36H2,1-5H3,(H2,37,49)(H,38,54)(H,39,51)(H,40,53)(H,41,50)(H,42,55)(H,43,46)(H,44,52)(H,47,48)/t17-,18+,19-,20-,21-,22-,25-,26-,27-/m0/s1. The Hall–Kier alpha value is -4.19. The molecule has 1 heterocycles. The third-order valence-corrected chi connectivity index (χ3v) is 11.4. The molecule has 0 aromatic carbocycles. The number of primary amides is 1. The molecule has 0 spiro atoms. The smallest absolute Gasteiger partial charge is 0.303 e. The van der Waals surface area contributed by atoms with Gasteiger partial charge in [0.25, 0.3) is 0 Å². The van der Waals surface area contributed by atoms with Crippen LogP contribution in [0.4, 0.5) is 0 Å². The third-order valence-electron chi connectivity index (χ3n) is 9.02. The molecule has 0 aromatic heterocycles. The Labute approximate surface area is 339 Å². The fourth-order valence-electron chi connectivity index (χ4n) is 5.15. The lowest BCUT2D eigenvalue weighted by atomic mass is 9.98. The number of aliphatic hydroxyl groups is 1. The predicted octanol–water partition coefficient (Wildman–Crippen LogP) is -3.70. The van der Waals surface area contributed by atoms with Crippen molar-refractivity contribution in [3.8, 4) is 0 Å². The number of aliphatic carboxylic acids is 1.